The highest BCUT2D eigenvalue weighted by molar-refractivity contribution is 6.31. The van der Waals surface area contributed by atoms with Crippen molar-refractivity contribution in [3.8, 4) is 5.75 Å². The Morgan fingerprint density at radius 1 is 1.37 bits per heavy atom. The number of carbonyl (C=O) groups is 1. The quantitative estimate of drug-likeness (QED) is 0.875. The van der Waals surface area contributed by atoms with E-state index in [9.17, 15) is 9.90 Å². The fourth-order valence-corrected chi connectivity index (χ4v) is 2.70. The summed E-state index contributed by atoms with van der Waals surface area (Å²) in [5, 5.41) is 10.2. The second-order valence-electron chi connectivity index (χ2n) is 5.15. The molecule has 0 bridgehead atoms. The second kappa shape index (κ2) is 5.80. The Balaban J connectivity index is 2.12. The van der Waals surface area contributed by atoms with E-state index in [1.165, 1.54) is 12.1 Å². The van der Waals surface area contributed by atoms with Gasteiger partial charge in [-0.05, 0) is 43.9 Å². The number of aromatic hydroxyl groups is 1. The van der Waals surface area contributed by atoms with Crippen LogP contribution in [0.15, 0.2) is 18.2 Å². The molecule has 1 aromatic carbocycles. The lowest BCUT2D eigenvalue weighted by molar-refractivity contribution is 0.0687. The second-order valence-corrected chi connectivity index (χ2v) is 5.58. The molecule has 4 nitrogen and oxygen atoms in total. The maximum Gasteiger partial charge on any atom is 0.257 e. The van der Waals surface area contributed by atoms with Crippen molar-refractivity contribution in [1.82, 2.24) is 4.90 Å². The lowest BCUT2D eigenvalue weighted by Gasteiger charge is -2.33. The van der Waals surface area contributed by atoms with E-state index in [2.05, 4.69) is 0 Å². The number of carbonyl (C=O) groups excluding carboxylic acids is 1. The molecule has 2 rings (SSSR count). The van der Waals surface area contributed by atoms with Gasteiger partial charge in [0.1, 0.15) is 5.75 Å². The van der Waals surface area contributed by atoms with E-state index < -0.39 is 0 Å². The minimum atomic E-state index is -0.194. The first-order chi connectivity index (χ1) is 8.99. The number of hydrogen-bond acceptors (Lipinski definition) is 3. The predicted octanol–water partition coefficient (Wildman–Crippen LogP) is 2.39. The van der Waals surface area contributed by atoms with E-state index in [1.54, 1.807) is 18.0 Å². The monoisotopic (exact) mass is 282 g/mol. The van der Waals surface area contributed by atoms with Gasteiger partial charge in [-0.25, -0.2) is 0 Å². The van der Waals surface area contributed by atoms with Crippen LogP contribution >= 0.6 is 11.6 Å². The fraction of sp³-hybridized carbons (Fsp3) is 0.500. The summed E-state index contributed by atoms with van der Waals surface area (Å²) in [6.07, 6.45) is 3.68. The molecule has 3 N–H and O–H groups in total. The van der Waals surface area contributed by atoms with Gasteiger partial charge in [0.2, 0.25) is 0 Å². The Hall–Kier alpha value is -1.26. The molecule has 0 atom stereocenters. The van der Waals surface area contributed by atoms with Crippen LogP contribution in [0.25, 0.3) is 0 Å². The van der Waals surface area contributed by atoms with Gasteiger partial charge in [-0.2, -0.15) is 0 Å². The van der Waals surface area contributed by atoms with Crippen molar-refractivity contribution in [3.63, 3.8) is 0 Å². The van der Waals surface area contributed by atoms with Crippen molar-refractivity contribution in [2.75, 3.05) is 7.05 Å². The Bertz CT molecular complexity index is 471. The van der Waals surface area contributed by atoms with E-state index >= 15 is 0 Å². The zero-order valence-corrected chi connectivity index (χ0v) is 11.7. The van der Waals surface area contributed by atoms with Gasteiger partial charge in [-0.1, -0.05) is 11.6 Å². The molecule has 0 spiro atoms. The average Bonchev–Trinajstić information content (AvgIpc) is 2.41. The van der Waals surface area contributed by atoms with E-state index in [0.29, 0.717) is 5.02 Å². The van der Waals surface area contributed by atoms with Gasteiger partial charge in [0.05, 0.1) is 5.56 Å². The van der Waals surface area contributed by atoms with E-state index in [0.717, 1.165) is 25.7 Å². The summed E-state index contributed by atoms with van der Waals surface area (Å²) in [4.78, 5) is 14.1. The minimum Gasteiger partial charge on any atom is -0.507 e. The van der Waals surface area contributed by atoms with Crippen molar-refractivity contribution in [1.29, 1.82) is 0 Å². The zero-order valence-electron chi connectivity index (χ0n) is 11.0. The average molecular weight is 283 g/mol. The van der Waals surface area contributed by atoms with Gasteiger partial charge < -0.3 is 15.7 Å². The molecule has 104 valence electrons. The standard InChI is InChI=1S/C14H19ClN2O2/c1-17(11-5-3-10(16)4-6-11)14(19)12-8-9(15)2-7-13(12)18/h2,7-8,10-11,18H,3-6,16H2,1H3. The van der Waals surface area contributed by atoms with Gasteiger partial charge in [0.15, 0.2) is 0 Å². The fourth-order valence-electron chi connectivity index (χ4n) is 2.52. The lowest BCUT2D eigenvalue weighted by atomic mass is 9.90. The van der Waals surface area contributed by atoms with Crippen LogP contribution in [0.1, 0.15) is 36.0 Å². The lowest BCUT2D eigenvalue weighted by Crippen LogP contribution is -2.41. The topological polar surface area (TPSA) is 66.6 Å². The SMILES string of the molecule is CN(C(=O)c1cc(Cl)ccc1O)C1CCC(N)CC1. The van der Waals surface area contributed by atoms with E-state index in [4.69, 9.17) is 17.3 Å². The highest BCUT2D eigenvalue weighted by Crippen LogP contribution is 2.26. The summed E-state index contributed by atoms with van der Waals surface area (Å²) in [7, 11) is 1.77. The molecule has 1 fully saturated rings. The highest BCUT2D eigenvalue weighted by Gasteiger charge is 2.26. The number of benzene rings is 1. The molecule has 5 heteroatoms. The molecule has 1 aromatic rings. The van der Waals surface area contributed by atoms with Crippen molar-refractivity contribution in [2.45, 2.75) is 37.8 Å². The van der Waals surface area contributed by atoms with E-state index in [-0.39, 0.29) is 29.3 Å². The minimum absolute atomic E-state index is 0.0336. The van der Waals surface area contributed by atoms with Crippen molar-refractivity contribution in [2.24, 2.45) is 5.73 Å². The van der Waals surface area contributed by atoms with Crippen LogP contribution in [0.3, 0.4) is 0 Å². The summed E-state index contributed by atoms with van der Waals surface area (Å²) in [6, 6.07) is 4.95. The molecular formula is C14H19ClN2O2. The Labute approximate surface area is 118 Å². The molecule has 1 saturated carbocycles. The van der Waals surface area contributed by atoms with Crippen LogP contribution in [-0.2, 0) is 0 Å². The summed E-state index contributed by atoms with van der Waals surface area (Å²) < 4.78 is 0. The number of amides is 1. The number of nitrogens with two attached hydrogens (primary N) is 1. The van der Waals surface area contributed by atoms with Crippen molar-refractivity contribution in [3.05, 3.63) is 28.8 Å². The number of phenols is 1. The first-order valence-electron chi connectivity index (χ1n) is 6.50. The molecular weight excluding hydrogens is 264 g/mol. The first kappa shape index (κ1) is 14.2. The van der Waals surface area contributed by atoms with Crippen molar-refractivity contribution >= 4 is 17.5 Å². The molecule has 0 radical (unpaired) electrons. The summed E-state index contributed by atoms with van der Waals surface area (Å²) in [5.74, 6) is -0.228. The van der Waals surface area contributed by atoms with E-state index in [1.807, 2.05) is 0 Å². The van der Waals surface area contributed by atoms with Crippen molar-refractivity contribution < 1.29 is 9.90 Å². The molecule has 0 unspecified atom stereocenters. The van der Waals surface area contributed by atoms with Crippen LogP contribution in [-0.4, -0.2) is 35.0 Å². The smallest absolute Gasteiger partial charge is 0.257 e. The molecule has 1 aliphatic rings. The predicted molar refractivity (Wildman–Crippen MR) is 75.4 cm³/mol. The number of rotatable bonds is 2. The number of hydrogen-bond donors (Lipinski definition) is 2. The molecule has 0 aliphatic heterocycles. The Morgan fingerprint density at radius 3 is 2.63 bits per heavy atom. The molecule has 0 saturated heterocycles. The maximum absolute atomic E-state index is 12.4. The van der Waals surface area contributed by atoms with Crippen LogP contribution in [0.2, 0.25) is 5.02 Å². The molecule has 1 aliphatic carbocycles. The van der Waals surface area contributed by atoms with Crippen LogP contribution in [0.5, 0.6) is 5.75 Å². The third-order valence-corrected chi connectivity index (χ3v) is 4.03. The maximum atomic E-state index is 12.4. The molecule has 19 heavy (non-hydrogen) atoms. The normalized spacial score (nSPS) is 23.1. The van der Waals surface area contributed by atoms with Gasteiger partial charge in [0, 0.05) is 24.2 Å². The molecule has 1 amide bonds. The highest BCUT2D eigenvalue weighted by atomic mass is 35.5. The third kappa shape index (κ3) is 3.19. The van der Waals surface area contributed by atoms with Gasteiger partial charge >= 0.3 is 0 Å². The first-order valence-corrected chi connectivity index (χ1v) is 6.88. The third-order valence-electron chi connectivity index (χ3n) is 3.80. The van der Waals surface area contributed by atoms with Crippen LogP contribution < -0.4 is 5.73 Å². The largest absolute Gasteiger partial charge is 0.507 e. The number of nitrogens with zero attached hydrogens (tertiary/aromatic N) is 1. The summed E-state index contributed by atoms with van der Waals surface area (Å²) >= 11 is 5.87. The Kier molecular flexibility index (Phi) is 4.32. The summed E-state index contributed by atoms with van der Waals surface area (Å²) in [6.45, 7) is 0. The summed E-state index contributed by atoms with van der Waals surface area (Å²) in [5.41, 5.74) is 6.12. The number of phenolic OH excluding ortho intramolecular Hbond substituents is 1. The molecule has 0 aromatic heterocycles. The van der Waals surface area contributed by atoms with Gasteiger partial charge in [0.25, 0.3) is 5.91 Å². The van der Waals surface area contributed by atoms with Gasteiger partial charge in [-0.3, -0.25) is 4.79 Å². The number of halogens is 1. The zero-order chi connectivity index (χ0) is 14.0. The van der Waals surface area contributed by atoms with Gasteiger partial charge in [-0.15, -0.1) is 0 Å². The molecule has 0 heterocycles. The van der Waals surface area contributed by atoms with Crippen LogP contribution in [0.4, 0.5) is 0 Å². The van der Waals surface area contributed by atoms with Crippen LogP contribution in [0, 0.1) is 0 Å². The Morgan fingerprint density at radius 2 is 2.00 bits per heavy atom.